The number of hydrogen-bond donors (Lipinski definition) is 1. The van der Waals surface area contributed by atoms with Gasteiger partial charge in [-0.3, -0.25) is 4.90 Å². The monoisotopic (exact) mass is 270 g/mol. The quantitative estimate of drug-likeness (QED) is 0.889. The molecular weight excluding hydrogens is 250 g/mol. The van der Waals surface area contributed by atoms with E-state index >= 15 is 0 Å². The zero-order valence-corrected chi connectivity index (χ0v) is 11.1. The number of benzene rings is 1. The second kappa shape index (κ2) is 6.82. The highest BCUT2D eigenvalue weighted by Gasteiger charge is 2.19. The van der Waals surface area contributed by atoms with E-state index in [1.807, 2.05) is 19.2 Å². The number of piperidine rings is 1. The van der Waals surface area contributed by atoms with Gasteiger partial charge in [-0.15, -0.1) is 0 Å². The summed E-state index contributed by atoms with van der Waals surface area (Å²) in [6.45, 7) is -0.104. The predicted molar refractivity (Wildman–Crippen MR) is 70.4 cm³/mol. The molecule has 106 valence electrons. The van der Waals surface area contributed by atoms with Gasteiger partial charge in [0.15, 0.2) is 0 Å². The topological polar surface area (TPSA) is 24.5 Å². The number of hydrogen-bond acceptors (Lipinski definition) is 3. The van der Waals surface area contributed by atoms with Crippen molar-refractivity contribution in [2.24, 2.45) is 0 Å². The van der Waals surface area contributed by atoms with Crippen molar-refractivity contribution in [3.05, 3.63) is 29.8 Å². The molecule has 0 atom stereocenters. The average molecular weight is 270 g/mol. The normalized spacial score (nSPS) is 17.1. The smallest absolute Gasteiger partial charge is 0.387 e. The molecule has 1 aromatic carbocycles. The summed E-state index contributed by atoms with van der Waals surface area (Å²) in [4.78, 5) is 2.22. The average Bonchev–Trinajstić information content (AvgIpc) is 2.41. The molecule has 0 spiro atoms. The molecule has 0 aliphatic carbocycles. The molecule has 1 aliphatic rings. The van der Waals surface area contributed by atoms with E-state index in [0.29, 0.717) is 12.6 Å². The lowest BCUT2D eigenvalue weighted by Crippen LogP contribution is -2.40. The van der Waals surface area contributed by atoms with Gasteiger partial charge in [-0.25, -0.2) is 0 Å². The standard InChI is InChI=1S/C14H20F2N2O/c1-18(12-6-8-17-9-7-12)10-11-4-2-3-5-13(11)19-14(15)16/h2-5,12,14,17H,6-10H2,1H3. The molecule has 2 rings (SSSR count). The van der Waals surface area contributed by atoms with Gasteiger partial charge in [-0.2, -0.15) is 8.78 Å². The summed E-state index contributed by atoms with van der Waals surface area (Å²) in [5.41, 5.74) is 0.809. The lowest BCUT2D eigenvalue weighted by Gasteiger charge is -2.32. The van der Waals surface area contributed by atoms with E-state index in [1.165, 1.54) is 0 Å². The second-order valence-corrected chi connectivity index (χ2v) is 4.88. The molecule has 0 bridgehead atoms. The van der Waals surface area contributed by atoms with Crippen LogP contribution in [-0.4, -0.2) is 37.7 Å². The molecule has 3 nitrogen and oxygen atoms in total. The van der Waals surface area contributed by atoms with Crippen molar-refractivity contribution in [2.45, 2.75) is 32.0 Å². The van der Waals surface area contributed by atoms with E-state index < -0.39 is 6.61 Å². The summed E-state index contributed by atoms with van der Waals surface area (Å²) in [6.07, 6.45) is 2.18. The molecule has 1 fully saturated rings. The molecule has 1 saturated heterocycles. The third kappa shape index (κ3) is 4.14. The molecule has 1 aliphatic heterocycles. The molecule has 1 aromatic rings. The molecule has 1 N–H and O–H groups in total. The fourth-order valence-electron chi connectivity index (χ4n) is 2.49. The van der Waals surface area contributed by atoms with E-state index in [0.717, 1.165) is 31.5 Å². The van der Waals surface area contributed by atoms with Crippen molar-refractivity contribution >= 4 is 0 Å². The van der Waals surface area contributed by atoms with Crippen LogP contribution < -0.4 is 10.1 Å². The Balaban J connectivity index is 2.01. The largest absolute Gasteiger partial charge is 0.434 e. The number of nitrogens with one attached hydrogen (secondary N) is 1. The van der Waals surface area contributed by atoms with Crippen molar-refractivity contribution in [3.63, 3.8) is 0 Å². The van der Waals surface area contributed by atoms with Crippen LogP contribution in [0.4, 0.5) is 8.78 Å². The Kier molecular flexibility index (Phi) is 5.10. The maximum Gasteiger partial charge on any atom is 0.387 e. The first-order valence-corrected chi connectivity index (χ1v) is 6.60. The minimum absolute atomic E-state index is 0.276. The Bertz CT molecular complexity index is 395. The van der Waals surface area contributed by atoms with E-state index in [1.54, 1.807) is 12.1 Å². The van der Waals surface area contributed by atoms with Gasteiger partial charge < -0.3 is 10.1 Å². The Morgan fingerprint density at radius 3 is 2.68 bits per heavy atom. The molecule has 0 unspecified atom stereocenters. The Labute approximate surface area is 112 Å². The van der Waals surface area contributed by atoms with Gasteiger partial charge in [0.2, 0.25) is 0 Å². The van der Waals surface area contributed by atoms with E-state index in [9.17, 15) is 8.78 Å². The van der Waals surface area contributed by atoms with Crippen molar-refractivity contribution in [3.8, 4) is 5.75 Å². The SMILES string of the molecule is CN(Cc1ccccc1OC(F)F)C1CCNCC1. The first-order chi connectivity index (χ1) is 9.16. The van der Waals surface area contributed by atoms with Crippen LogP contribution in [0.1, 0.15) is 18.4 Å². The maximum absolute atomic E-state index is 12.3. The summed E-state index contributed by atoms with van der Waals surface area (Å²) < 4.78 is 29.3. The van der Waals surface area contributed by atoms with Gasteiger partial charge in [0, 0.05) is 18.2 Å². The van der Waals surface area contributed by atoms with Crippen LogP contribution in [0.5, 0.6) is 5.75 Å². The fourth-order valence-corrected chi connectivity index (χ4v) is 2.49. The highest BCUT2D eigenvalue weighted by molar-refractivity contribution is 5.33. The first-order valence-electron chi connectivity index (χ1n) is 6.60. The number of para-hydroxylation sites is 1. The maximum atomic E-state index is 12.3. The summed E-state index contributed by atoms with van der Waals surface area (Å²) in [5.74, 6) is 0.276. The highest BCUT2D eigenvalue weighted by Crippen LogP contribution is 2.23. The molecule has 1 heterocycles. The highest BCUT2D eigenvalue weighted by atomic mass is 19.3. The molecule has 0 amide bonds. The summed E-state index contributed by atoms with van der Waals surface area (Å²) in [6, 6.07) is 7.50. The number of halogens is 2. The van der Waals surface area contributed by atoms with Gasteiger partial charge >= 0.3 is 6.61 Å². The molecule has 0 radical (unpaired) electrons. The Hall–Kier alpha value is -1.20. The minimum atomic E-state index is -2.77. The van der Waals surface area contributed by atoms with Gasteiger partial charge in [0.05, 0.1) is 0 Å². The molecule has 0 saturated carbocycles. The van der Waals surface area contributed by atoms with Crippen LogP contribution in [-0.2, 0) is 6.54 Å². The molecule has 5 heteroatoms. The van der Waals surface area contributed by atoms with Crippen LogP contribution in [0.3, 0.4) is 0 Å². The Morgan fingerprint density at radius 2 is 2.00 bits per heavy atom. The van der Waals surface area contributed by atoms with Gasteiger partial charge in [0.25, 0.3) is 0 Å². The first kappa shape index (κ1) is 14.2. The molecule has 19 heavy (non-hydrogen) atoms. The zero-order chi connectivity index (χ0) is 13.7. The predicted octanol–water partition coefficient (Wildman–Crippen LogP) is 2.47. The summed E-state index contributed by atoms with van der Waals surface area (Å²) in [7, 11) is 2.04. The Morgan fingerprint density at radius 1 is 1.32 bits per heavy atom. The van der Waals surface area contributed by atoms with E-state index in [4.69, 9.17) is 0 Å². The number of rotatable bonds is 5. The lowest BCUT2D eigenvalue weighted by atomic mass is 10.0. The number of ether oxygens (including phenoxy) is 1. The molecule has 0 aromatic heterocycles. The van der Waals surface area contributed by atoms with Crippen molar-refractivity contribution in [1.82, 2.24) is 10.2 Å². The van der Waals surface area contributed by atoms with Crippen LogP contribution in [0, 0.1) is 0 Å². The third-order valence-electron chi connectivity index (χ3n) is 3.54. The van der Waals surface area contributed by atoms with E-state index in [2.05, 4.69) is 15.0 Å². The lowest BCUT2D eigenvalue weighted by molar-refractivity contribution is -0.0508. The van der Waals surface area contributed by atoms with Crippen LogP contribution >= 0.6 is 0 Å². The summed E-state index contributed by atoms with van der Waals surface area (Å²) in [5, 5.41) is 3.32. The molecular formula is C14H20F2N2O. The zero-order valence-electron chi connectivity index (χ0n) is 11.1. The van der Waals surface area contributed by atoms with Crippen LogP contribution in [0.25, 0.3) is 0 Å². The number of nitrogens with zero attached hydrogens (tertiary/aromatic N) is 1. The van der Waals surface area contributed by atoms with Crippen molar-refractivity contribution < 1.29 is 13.5 Å². The van der Waals surface area contributed by atoms with Gasteiger partial charge in [0.1, 0.15) is 5.75 Å². The third-order valence-corrected chi connectivity index (χ3v) is 3.54. The van der Waals surface area contributed by atoms with Gasteiger partial charge in [-0.1, -0.05) is 18.2 Å². The van der Waals surface area contributed by atoms with Crippen LogP contribution in [0.2, 0.25) is 0 Å². The van der Waals surface area contributed by atoms with Gasteiger partial charge in [-0.05, 0) is 39.0 Å². The minimum Gasteiger partial charge on any atom is -0.434 e. The summed E-state index contributed by atoms with van der Waals surface area (Å²) >= 11 is 0. The van der Waals surface area contributed by atoms with Crippen molar-refractivity contribution in [2.75, 3.05) is 20.1 Å². The van der Waals surface area contributed by atoms with Crippen LogP contribution in [0.15, 0.2) is 24.3 Å². The fraction of sp³-hybridized carbons (Fsp3) is 0.571. The second-order valence-electron chi connectivity index (χ2n) is 4.88. The van der Waals surface area contributed by atoms with Crippen molar-refractivity contribution in [1.29, 1.82) is 0 Å². The number of alkyl halides is 2. The van der Waals surface area contributed by atoms with E-state index in [-0.39, 0.29) is 5.75 Å².